The average molecular weight is 187 g/mol. The van der Waals surface area contributed by atoms with Crippen LogP contribution >= 0.6 is 0 Å². The van der Waals surface area contributed by atoms with Crippen LogP contribution in [-0.2, 0) is 0 Å². The van der Waals surface area contributed by atoms with Crippen LogP contribution in [0.5, 0.6) is 0 Å². The number of halogens is 2. The Morgan fingerprint density at radius 1 is 1.46 bits per heavy atom. The van der Waals surface area contributed by atoms with Crippen molar-refractivity contribution in [2.75, 3.05) is 0 Å². The lowest BCUT2D eigenvalue weighted by Crippen LogP contribution is -2.11. The molecule has 0 aromatic carbocycles. The summed E-state index contributed by atoms with van der Waals surface area (Å²) < 4.78 is 25.4. The van der Waals surface area contributed by atoms with E-state index in [-0.39, 0.29) is 5.70 Å². The highest BCUT2D eigenvalue weighted by Gasteiger charge is 2.25. The van der Waals surface area contributed by atoms with Crippen LogP contribution in [0.25, 0.3) is 0 Å². The van der Waals surface area contributed by atoms with Crippen molar-refractivity contribution in [2.45, 2.75) is 33.1 Å². The predicted molar refractivity (Wildman–Crippen MR) is 52.3 cm³/mol. The molecule has 0 fully saturated rings. The number of hydrogen-bond acceptors (Lipinski definition) is 1. The summed E-state index contributed by atoms with van der Waals surface area (Å²) in [7, 11) is 0. The quantitative estimate of drug-likeness (QED) is 0.471. The highest BCUT2D eigenvalue weighted by Crippen LogP contribution is 2.23. The minimum atomic E-state index is -2.91. The largest absolute Gasteiger partial charge is 0.286 e. The second kappa shape index (κ2) is 4.90. The molecule has 0 bridgehead atoms. The van der Waals surface area contributed by atoms with E-state index in [9.17, 15) is 8.78 Å². The number of nitrogens with zero attached hydrogens (tertiary/aromatic N) is 1. The lowest BCUT2D eigenvalue weighted by Gasteiger charge is -2.09. The Morgan fingerprint density at radius 2 is 2.00 bits per heavy atom. The van der Waals surface area contributed by atoms with Crippen LogP contribution in [0.3, 0.4) is 0 Å². The molecule has 0 aliphatic rings. The first-order chi connectivity index (χ1) is 5.91. The molecule has 74 valence electrons. The third-order valence-electron chi connectivity index (χ3n) is 1.70. The summed E-state index contributed by atoms with van der Waals surface area (Å²) in [5.74, 6) is -2.91. The molecule has 0 spiro atoms. The Kier molecular flexibility index (Phi) is 4.52. The van der Waals surface area contributed by atoms with E-state index in [1.807, 2.05) is 13.8 Å². The topological polar surface area (TPSA) is 12.4 Å². The first-order valence-electron chi connectivity index (χ1n) is 4.14. The van der Waals surface area contributed by atoms with Crippen LogP contribution in [0.15, 0.2) is 28.4 Å². The maximum atomic E-state index is 12.7. The maximum absolute atomic E-state index is 12.7. The SMILES string of the molecule is C=N/C(=C\C=C(/C)CC)C(C)(F)F. The molecular formula is C10H15F2N. The van der Waals surface area contributed by atoms with Gasteiger partial charge in [0.05, 0.1) is 0 Å². The Hall–Kier alpha value is -0.990. The minimum Gasteiger partial charge on any atom is -0.263 e. The summed E-state index contributed by atoms with van der Waals surface area (Å²) in [4.78, 5) is 3.28. The Balaban J connectivity index is 4.69. The zero-order chi connectivity index (χ0) is 10.5. The van der Waals surface area contributed by atoms with E-state index in [1.165, 1.54) is 6.08 Å². The average Bonchev–Trinajstić information content (AvgIpc) is 2.02. The van der Waals surface area contributed by atoms with Gasteiger partial charge >= 0.3 is 0 Å². The molecule has 0 atom stereocenters. The van der Waals surface area contributed by atoms with Gasteiger partial charge in [-0.1, -0.05) is 18.6 Å². The fourth-order valence-corrected chi connectivity index (χ4v) is 0.677. The van der Waals surface area contributed by atoms with Crippen molar-refractivity contribution in [3.8, 4) is 0 Å². The molecule has 0 aromatic rings. The van der Waals surface area contributed by atoms with Gasteiger partial charge in [-0.15, -0.1) is 0 Å². The first-order valence-corrected chi connectivity index (χ1v) is 4.14. The summed E-state index contributed by atoms with van der Waals surface area (Å²) in [5, 5.41) is 0. The van der Waals surface area contributed by atoms with Crippen LogP contribution in [0.2, 0.25) is 0 Å². The summed E-state index contributed by atoms with van der Waals surface area (Å²) in [6.07, 6.45) is 3.80. The minimum absolute atomic E-state index is 0.291. The van der Waals surface area contributed by atoms with Crippen molar-refractivity contribution in [3.63, 3.8) is 0 Å². The Bertz CT molecular complexity index is 234. The van der Waals surface area contributed by atoms with Crippen LogP contribution in [0.4, 0.5) is 8.78 Å². The molecule has 0 heterocycles. The third kappa shape index (κ3) is 4.55. The smallest absolute Gasteiger partial charge is 0.263 e. The van der Waals surface area contributed by atoms with Crippen LogP contribution in [0.1, 0.15) is 27.2 Å². The molecular weight excluding hydrogens is 172 g/mol. The van der Waals surface area contributed by atoms with E-state index >= 15 is 0 Å². The summed E-state index contributed by atoms with van der Waals surface area (Å²) >= 11 is 0. The molecule has 0 aliphatic carbocycles. The van der Waals surface area contributed by atoms with Crippen molar-refractivity contribution < 1.29 is 8.78 Å². The van der Waals surface area contributed by atoms with Gasteiger partial charge in [0.15, 0.2) is 0 Å². The van der Waals surface area contributed by atoms with Gasteiger partial charge in [0.1, 0.15) is 5.70 Å². The van der Waals surface area contributed by atoms with Gasteiger partial charge in [-0.3, -0.25) is 4.99 Å². The van der Waals surface area contributed by atoms with Crippen molar-refractivity contribution in [2.24, 2.45) is 4.99 Å². The first kappa shape index (κ1) is 12.0. The highest BCUT2D eigenvalue weighted by molar-refractivity contribution is 5.33. The monoisotopic (exact) mass is 187 g/mol. The van der Waals surface area contributed by atoms with Gasteiger partial charge < -0.3 is 0 Å². The molecule has 0 amide bonds. The molecule has 0 radical (unpaired) electrons. The number of hydrogen-bond donors (Lipinski definition) is 0. The number of aliphatic imine (C=N–C) groups is 1. The molecule has 0 N–H and O–H groups in total. The van der Waals surface area contributed by atoms with Crippen molar-refractivity contribution in [1.82, 2.24) is 0 Å². The molecule has 0 aliphatic heterocycles. The molecule has 0 aromatic heterocycles. The summed E-state index contributed by atoms with van der Waals surface area (Å²) in [6.45, 7) is 7.75. The lowest BCUT2D eigenvalue weighted by molar-refractivity contribution is 0.0623. The summed E-state index contributed by atoms with van der Waals surface area (Å²) in [5.41, 5.74) is 0.741. The fraction of sp³-hybridized carbons (Fsp3) is 0.500. The van der Waals surface area contributed by atoms with Gasteiger partial charge in [0, 0.05) is 6.92 Å². The van der Waals surface area contributed by atoms with E-state index in [0.717, 1.165) is 18.9 Å². The Labute approximate surface area is 77.9 Å². The van der Waals surface area contributed by atoms with Crippen LogP contribution in [0, 0.1) is 0 Å². The van der Waals surface area contributed by atoms with Gasteiger partial charge in [-0.2, -0.15) is 8.78 Å². The second-order valence-electron chi connectivity index (χ2n) is 2.96. The normalized spacial score (nSPS) is 14.5. The lowest BCUT2D eigenvalue weighted by atomic mass is 10.2. The molecule has 0 unspecified atom stereocenters. The second-order valence-corrected chi connectivity index (χ2v) is 2.96. The molecule has 3 heteroatoms. The predicted octanol–water partition coefficient (Wildman–Crippen LogP) is 3.58. The third-order valence-corrected chi connectivity index (χ3v) is 1.70. The molecule has 1 nitrogen and oxygen atoms in total. The Morgan fingerprint density at radius 3 is 2.31 bits per heavy atom. The van der Waals surface area contributed by atoms with Gasteiger partial charge in [0.25, 0.3) is 5.92 Å². The van der Waals surface area contributed by atoms with Crippen molar-refractivity contribution in [3.05, 3.63) is 23.4 Å². The zero-order valence-electron chi connectivity index (χ0n) is 8.27. The van der Waals surface area contributed by atoms with E-state index in [1.54, 1.807) is 6.08 Å². The van der Waals surface area contributed by atoms with Crippen molar-refractivity contribution >= 4 is 6.72 Å². The van der Waals surface area contributed by atoms with Gasteiger partial charge in [0.2, 0.25) is 0 Å². The molecule has 0 saturated heterocycles. The molecule has 0 rings (SSSR count). The van der Waals surface area contributed by atoms with Crippen LogP contribution in [-0.4, -0.2) is 12.6 Å². The standard InChI is InChI=1S/C10H15F2N/c1-5-8(2)6-7-9(13-4)10(3,11)12/h6-7H,4-5H2,1-3H3/b8-6+,9-7-. The van der Waals surface area contributed by atoms with Gasteiger partial charge in [-0.05, 0) is 26.1 Å². The highest BCUT2D eigenvalue weighted by atomic mass is 19.3. The van der Waals surface area contributed by atoms with E-state index < -0.39 is 5.92 Å². The van der Waals surface area contributed by atoms with Crippen molar-refractivity contribution in [1.29, 1.82) is 0 Å². The number of allylic oxidation sites excluding steroid dienone is 4. The van der Waals surface area contributed by atoms with Crippen LogP contribution < -0.4 is 0 Å². The van der Waals surface area contributed by atoms with Gasteiger partial charge in [-0.25, -0.2) is 0 Å². The number of rotatable bonds is 4. The summed E-state index contributed by atoms with van der Waals surface area (Å²) in [6, 6.07) is 0. The zero-order valence-corrected chi connectivity index (χ0v) is 8.27. The van der Waals surface area contributed by atoms with E-state index in [2.05, 4.69) is 11.7 Å². The fourth-order valence-electron chi connectivity index (χ4n) is 0.677. The maximum Gasteiger partial charge on any atom is 0.286 e. The van der Waals surface area contributed by atoms with E-state index in [4.69, 9.17) is 0 Å². The molecule has 13 heavy (non-hydrogen) atoms. The number of alkyl halides is 2. The molecule has 0 saturated carbocycles. The van der Waals surface area contributed by atoms with E-state index in [0.29, 0.717) is 0 Å².